The lowest BCUT2D eigenvalue weighted by Crippen LogP contribution is -2.29. The standard InChI is InChI=1S/C34H26F2N4O5/c1-2-44-29-14-16-39(25-9-6-23(35)7-10-25)34(43)31(29)33(42)38-24-8-11-28(27(36)19-24)45-30-12-15-37-40-17-13-26(32(30)40)22-5-3-4-21(18-22)20-41/h3-19,41H,2,20H2,1H3,(H,38,42). The Morgan fingerprint density at radius 2 is 1.76 bits per heavy atom. The van der Waals surface area contributed by atoms with E-state index in [1.165, 1.54) is 59.4 Å². The summed E-state index contributed by atoms with van der Waals surface area (Å²) in [7, 11) is 0. The van der Waals surface area contributed by atoms with E-state index in [1.807, 2.05) is 30.3 Å². The number of aliphatic hydroxyl groups excluding tert-OH is 1. The SMILES string of the molecule is CCOc1ccn(-c2ccc(F)cc2)c(=O)c1C(=O)Nc1ccc(Oc2ccnn3ccc(-c4cccc(CO)c4)c23)c(F)c1. The molecule has 0 aliphatic carbocycles. The van der Waals surface area contributed by atoms with E-state index in [4.69, 9.17) is 9.47 Å². The van der Waals surface area contributed by atoms with Gasteiger partial charge in [0.2, 0.25) is 0 Å². The first kappa shape index (κ1) is 29.3. The van der Waals surface area contributed by atoms with Gasteiger partial charge in [0.05, 0.1) is 19.4 Å². The highest BCUT2D eigenvalue weighted by Gasteiger charge is 2.21. The first-order valence-electron chi connectivity index (χ1n) is 14.0. The molecule has 0 aliphatic rings. The second-order valence-corrected chi connectivity index (χ2v) is 9.92. The van der Waals surface area contributed by atoms with E-state index in [0.717, 1.165) is 22.8 Å². The van der Waals surface area contributed by atoms with Gasteiger partial charge < -0.3 is 19.9 Å². The number of aliphatic hydroxyl groups is 1. The quantitative estimate of drug-likeness (QED) is 0.198. The van der Waals surface area contributed by atoms with Crippen LogP contribution in [0.5, 0.6) is 17.2 Å². The second kappa shape index (κ2) is 12.4. The monoisotopic (exact) mass is 608 g/mol. The average molecular weight is 609 g/mol. The Morgan fingerprint density at radius 1 is 0.933 bits per heavy atom. The highest BCUT2D eigenvalue weighted by Crippen LogP contribution is 2.36. The summed E-state index contributed by atoms with van der Waals surface area (Å²) in [5.74, 6) is -1.77. The highest BCUT2D eigenvalue weighted by atomic mass is 19.1. The number of pyridine rings is 1. The molecule has 3 aromatic heterocycles. The highest BCUT2D eigenvalue weighted by molar-refractivity contribution is 6.06. The number of aromatic nitrogens is 3. The predicted molar refractivity (Wildman–Crippen MR) is 164 cm³/mol. The van der Waals surface area contributed by atoms with Gasteiger partial charge in [0.25, 0.3) is 11.5 Å². The number of nitrogens with zero attached hydrogens (tertiary/aromatic N) is 3. The van der Waals surface area contributed by atoms with Crippen molar-refractivity contribution in [3.05, 3.63) is 137 Å². The Hall–Kier alpha value is -5.81. The minimum Gasteiger partial charge on any atom is -0.493 e. The molecule has 226 valence electrons. The van der Waals surface area contributed by atoms with Gasteiger partial charge in [-0.05, 0) is 72.6 Å². The Morgan fingerprint density at radius 3 is 2.51 bits per heavy atom. The van der Waals surface area contributed by atoms with Crippen LogP contribution in [0.15, 0.2) is 108 Å². The third-order valence-corrected chi connectivity index (χ3v) is 7.03. The number of carbonyl (C=O) groups is 1. The van der Waals surface area contributed by atoms with E-state index < -0.39 is 23.1 Å². The zero-order chi connectivity index (χ0) is 31.5. The zero-order valence-electron chi connectivity index (χ0n) is 23.9. The Bertz CT molecular complexity index is 2090. The zero-order valence-corrected chi connectivity index (χ0v) is 23.9. The summed E-state index contributed by atoms with van der Waals surface area (Å²) in [6.45, 7) is 1.79. The first-order valence-corrected chi connectivity index (χ1v) is 14.0. The molecule has 2 N–H and O–H groups in total. The number of hydrogen-bond acceptors (Lipinski definition) is 6. The van der Waals surface area contributed by atoms with Crippen molar-refractivity contribution in [1.29, 1.82) is 0 Å². The van der Waals surface area contributed by atoms with Crippen LogP contribution >= 0.6 is 0 Å². The van der Waals surface area contributed by atoms with Crippen molar-refractivity contribution >= 4 is 17.1 Å². The molecule has 0 radical (unpaired) electrons. The lowest BCUT2D eigenvalue weighted by atomic mass is 10.0. The van der Waals surface area contributed by atoms with Crippen LogP contribution in [0.4, 0.5) is 14.5 Å². The van der Waals surface area contributed by atoms with Crippen molar-refractivity contribution in [2.45, 2.75) is 13.5 Å². The summed E-state index contributed by atoms with van der Waals surface area (Å²) < 4.78 is 43.2. The molecule has 0 aliphatic heterocycles. The van der Waals surface area contributed by atoms with E-state index >= 15 is 4.39 Å². The summed E-state index contributed by atoms with van der Waals surface area (Å²) >= 11 is 0. The topological polar surface area (TPSA) is 107 Å². The fourth-order valence-corrected chi connectivity index (χ4v) is 4.95. The van der Waals surface area contributed by atoms with E-state index in [-0.39, 0.29) is 36.0 Å². The molecular formula is C34H26F2N4O5. The third kappa shape index (κ3) is 5.89. The van der Waals surface area contributed by atoms with E-state index in [1.54, 1.807) is 23.7 Å². The van der Waals surface area contributed by atoms with Gasteiger partial charge in [-0.15, -0.1) is 0 Å². The number of ether oxygens (including phenoxy) is 2. The van der Waals surface area contributed by atoms with Gasteiger partial charge in [-0.1, -0.05) is 18.2 Å². The molecule has 1 amide bonds. The number of carbonyl (C=O) groups excluding carboxylic acids is 1. The largest absolute Gasteiger partial charge is 0.493 e. The summed E-state index contributed by atoms with van der Waals surface area (Å²) in [4.78, 5) is 26.7. The predicted octanol–water partition coefficient (Wildman–Crippen LogP) is 6.37. The van der Waals surface area contributed by atoms with Crippen LogP contribution < -0.4 is 20.3 Å². The molecule has 6 rings (SSSR count). The number of rotatable bonds is 9. The molecule has 0 fully saturated rings. The van der Waals surface area contributed by atoms with Crippen molar-refractivity contribution in [2.24, 2.45) is 0 Å². The molecule has 0 bridgehead atoms. The molecule has 0 unspecified atom stereocenters. The molecule has 0 saturated heterocycles. The summed E-state index contributed by atoms with van der Waals surface area (Å²) in [5.41, 5.74) is 2.36. The maximum atomic E-state index is 15.4. The molecule has 3 heterocycles. The lowest BCUT2D eigenvalue weighted by Gasteiger charge is -2.14. The fraction of sp³-hybridized carbons (Fsp3) is 0.0882. The number of fused-ring (bicyclic) bond motifs is 1. The van der Waals surface area contributed by atoms with Gasteiger partial charge in [-0.3, -0.25) is 14.2 Å². The van der Waals surface area contributed by atoms with Gasteiger partial charge in [-0.2, -0.15) is 5.10 Å². The number of benzene rings is 3. The van der Waals surface area contributed by atoms with Crippen LogP contribution in [-0.4, -0.2) is 31.8 Å². The normalized spacial score (nSPS) is 11.0. The van der Waals surface area contributed by atoms with Gasteiger partial charge in [0.15, 0.2) is 17.3 Å². The van der Waals surface area contributed by atoms with Crippen LogP contribution in [0.1, 0.15) is 22.8 Å². The number of amides is 1. The maximum Gasteiger partial charge on any atom is 0.271 e. The van der Waals surface area contributed by atoms with Crippen LogP contribution in [0, 0.1) is 11.6 Å². The molecule has 0 atom stereocenters. The number of hydrogen-bond donors (Lipinski definition) is 2. The van der Waals surface area contributed by atoms with Crippen LogP contribution in [-0.2, 0) is 6.61 Å². The molecule has 45 heavy (non-hydrogen) atoms. The summed E-state index contributed by atoms with van der Waals surface area (Å²) in [6.07, 6.45) is 4.71. The van der Waals surface area contributed by atoms with Crippen molar-refractivity contribution in [3.8, 4) is 34.1 Å². The van der Waals surface area contributed by atoms with E-state index in [9.17, 15) is 19.1 Å². The Balaban J connectivity index is 1.29. The van der Waals surface area contributed by atoms with E-state index in [0.29, 0.717) is 17.0 Å². The van der Waals surface area contributed by atoms with Crippen molar-refractivity contribution < 1.29 is 28.2 Å². The van der Waals surface area contributed by atoms with Gasteiger partial charge in [0, 0.05) is 41.5 Å². The molecule has 9 nitrogen and oxygen atoms in total. The maximum absolute atomic E-state index is 15.4. The van der Waals surface area contributed by atoms with Crippen LogP contribution in [0.2, 0.25) is 0 Å². The minimum atomic E-state index is -0.813. The number of nitrogens with one attached hydrogen (secondary N) is 1. The van der Waals surface area contributed by atoms with Crippen LogP contribution in [0.3, 0.4) is 0 Å². The van der Waals surface area contributed by atoms with Crippen LogP contribution in [0.25, 0.3) is 22.3 Å². The van der Waals surface area contributed by atoms with Gasteiger partial charge >= 0.3 is 0 Å². The Kier molecular flexibility index (Phi) is 8.08. The third-order valence-electron chi connectivity index (χ3n) is 7.03. The molecule has 0 spiro atoms. The lowest BCUT2D eigenvalue weighted by molar-refractivity contribution is 0.102. The summed E-state index contributed by atoms with van der Waals surface area (Å²) in [6, 6.07) is 21.4. The second-order valence-electron chi connectivity index (χ2n) is 9.92. The smallest absolute Gasteiger partial charge is 0.271 e. The Labute approximate surface area is 255 Å². The number of halogens is 2. The van der Waals surface area contributed by atoms with Crippen molar-refractivity contribution in [2.75, 3.05) is 11.9 Å². The summed E-state index contributed by atoms with van der Waals surface area (Å²) in [5, 5.41) is 16.5. The van der Waals surface area contributed by atoms with E-state index in [2.05, 4.69) is 10.4 Å². The molecular weight excluding hydrogens is 582 g/mol. The average Bonchev–Trinajstić information content (AvgIpc) is 3.48. The fourth-order valence-electron chi connectivity index (χ4n) is 4.95. The van der Waals surface area contributed by atoms with Crippen molar-refractivity contribution in [3.63, 3.8) is 0 Å². The van der Waals surface area contributed by atoms with Gasteiger partial charge in [-0.25, -0.2) is 13.3 Å². The molecule has 11 heteroatoms. The van der Waals surface area contributed by atoms with Gasteiger partial charge in [0.1, 0.15) is 22.6 Å². The first-order chi connectivity index (χ1) is 21.9. The molecule has 3 aromatic carbocycles. The molecule has 6 aromatic rings. The molecule has 0 saturated carbocycles. The van der Waals surface area contributed by atoms with Crippen molar-refractivity contribution in [1.82, 2.24) is 14.2 Å². The number of anilines is 1. The minimum absolute atomic E-state index is 0.0491.